The Balaban J connectivity index is 1.73. The number of ether oxygens (including phenoxy) is 2. The van der Waals surface area contributed by atoms with Crippen molar-refractivity contribution in [1.82, 2.24) is 14.7 Å². The van der Waals surface area contributed by atoms with Gasteiger partial charge < -0.3 is 14.4 Å². The number of methoxy groups -OCH3 is 1. The van der Waals surface area contributed by atoms with Gasteiger partial charge in [-0.1, -0.05) is 18.2 Å². The van der Waals surface area contributed by atoms with Crippen molar-refractivity contribution in [2.45, 2.75) is 40.8 Å². The van der Waals surface area contributed by atoms with Crippen LogP contribution in [0.15, 0.2) is 42.5 Å². The topological polar surface area (TPSA) is 99.7 Å². The lowest BCUT2D eigenvalue weighted by molar-refractivity contribution is -0.386. The summed E-state index contributed by atoms with van der Waals surface area (Å²) in [6, 6.07) is 12.9. The molecule has 9 heteroatoms. The Bertz CT molecular complexity index is 1170. The van der Waals surface area contributed by atoms with E-state index in [4.69, 9.17) is 9.47 Å². The van der Waals surface area contributed by atoms with E-state index in [2.05, 4.69) is 5.10 Å². The van der Waals surface area contributed by atoms with E-state index in [-0.39, 0.29) is 11.6 Å². The number of hydrogen-bond donors (Lipinski definition) is 0. The summed E-state index contributed by atoms with van der Waals surface area (Å²) in [7, 11) is 1.59. The molecule has 3 rings (SSSR count). The minimum Gasteiger partial charge on any atom is -0.493 e. The van der Waals surface area contributed by atoms with Crippen LogP contribution in [0, 0.1) is 24.0 Å². The number of hydrogen-bond acceptors (Lipinski definition) is 6. The van der Waals surface area contributed by atoms with Gasteiger partial charge in [-0.2, -0.15) is 5.10 Å². The van der Waals surface area contributed by atoms with E-state index in [1.165, 1.54) is 0 Å². The lowest BCUT2D eigenvalue weighted by Crippen LogP contribution is -2.30. The van der Waals surface area contributed by atoms with Crippen molar-refractivity contribution in [2.75, 3.05) is 20.3 Å². The van der Waals surface area contributed by atoms with Crippen molar-refractivity contribution in [3.05, 3.63) is 80.7 Å². The van der Waals surface area contributed by atoms with Crippen molar-refractivity contribution >= 4 is 11.6 Å². The summed E-state index contributed by atoms with van der Waals surface area (Å²) in [6.07, 6.45) is 0. The molecule has 0 saturated carbocycles. The van der Waals surface area contributed by atoms with Gasteiger partial charge >= 0.3 is 5.69 Å². The quantitative estimate of drug-likeness (QED) is 0.322. The van der Waals surface area contributed by atoms with E-state index in [0.29, 0.717) is 54.7 Å². The first kappa shape index (κ1) is 24.8. The SMILES string of the molecule is CCOc1ccc(CN(CC)C(=O)c2ccc(Cn3nc(C)c([N+](=O)[O-])c3C)cc2)cc1OC. The molecule has 0 aliphatic carbocycles. The highest BCUT2D eigenvalue weighted by Gasteiger charge is 2.22. The molecule has 0 aliphatic heterocycles. The molecule has 3 aromatic rings. The molecule has 0 radical (unpaired) electrons. The number of amides is 1. The van der Waals surface area contributed by atoms with Crippen molar-refractivity contribution < 1.29 is 19.2 Å². The highest BCUT2D eigenvalue weighted by molar-refractivity contribution is 5.94. The minimum absolute atomic E-state index is 0.0382. The third-order valence-corrected chi connectivity index (χ3v) is 5.63. The Morgan fingerprint density at radius 2 is 1.76 bits per heavy atom. The second-order valence-corrected chi connectivity index (χ2v) is 7.87. The van der Waals surface area contributed by atoms with Gasteiger partial charge in [0.15, 0.2) is 11.5 Å². The molecule has 0 aliphatic rings. The van der Waals surface area contributed by atoms with Gasteiger partial charge in [0, 0.05) is 18.7 Å². The molecule has 180 valence electrons. The lowest BCUT2D eigenvalue weighted by atomic mass is 10.1. The molecule has 0 N–H and O–H groups in total. The fraction of sp³-hybridized carbons (Fsp3) is 0.360. The number of carbonyl (C=O) groups is 1. The first-order valence-electron chi connectivity index (χ1n) is 11.1. The molecular weight excluding hydrogens is 436 g/mol. The predicted molar refractivity (Wildman–Crippen MR) is 128 cm³/mol. The summed E-state index contributed by atoms with van der Waals surface area (Å²) in [4.78, 5) is 25.7. The van der Waals surface area contributed by atoms with Crippen molar-refractivity contribution in [2.24, 2.45) is 0 Å². The zero-order valence-corrected chi connectivity index (χ0v) is 20.2. The molecule has 0 spiro atoms. The van der Waals surface area contributed by atoms with Crippen LogP contribution < -0.4 is 9.47 Å². The smallest absolute Gasteiger partial charge is 0.312 e. The van der Waals surface area contributed by atoms with E-state index in [1.807, 2.05) is 44.2 Å². The van der Waals surface area contributed by atoms with Crippen molar-refractivity contribution in [1.29, 1.82) is 0 Å². The molecule has 0 fully saturated rings. The second-order valence-electron chi connectivity index (χ2n) is 7.87. The Morgan fingerprint density at radius 3 is 2.32 bits per heavy atom. The van der Waals surface area contributed by atoms with Gasteiger partial charge in [0.25, 0.3) is 5.91 Å². The van der Waals surface area contributed by atoms with E-state index >= 15 is 0 Å². The number of aromatic nitrogens is 2. The normalized spacial score (nSPS) is 10.7. The van der Waals surface area contributed by atoms with Crippen LogP contribution >= 0.6 is 0 Å². The van der Waals surface area contributed by atoms with Crippen LogP contribution in [-0.4, -0.2) is 45.8 Å². The fourth-order valence-electron chi connectivity index (χ4n) is 3.85. The molecule has 2 aromatic carbocycles. The summed E-state index contributed by atoms with van der Waals surface area (Å²) in [5.74, 6) is 1.23. The molecule has 0 atom stereocenters. The average Bonchev–Trinajstić information content (AvgIpc) is 3.11. The first-order chi connectivity index (χ1) is 16.3. The summed E-state index contributed by atoms with van der Waals surface area (Å²) >= 11 is 0. The largest absolute Gasteiger partial charge is 0.493 e. The van der Waals surface area contributed by atoms with Gasteiger partial charge in [-0.3, -0.25) is 19.6 Å². The maximum Gasteiger partial charge on any atom is 0.312 e. The third kappa shape index (κ3) is 5.36. The Morgan fingerprint density at radius 1 is 1.09 bits per heavy atom. The number of nitrogens with zero attached hydrogens (tertiary/aromatic N) is 4. The van der Waals surface area contributed by atoms with Gasteiger partial charge in [0.05, 0.1) is 25.2 Å². The summed E-state index contributed by atoms with van der Waals surface area (Å²) in [5.41, 5.74) is 3.35. The Kier molecular flexibility index (Phi) is 7.88. The molecule has 0 saturated heterocycles. The monoisotopic (exact) mass is 466 g/mol. The zero-order chi connectivity index (χ0) is 24.8. The molecule has 1 amide bonds. The van der Waals surface area contributed by atoms with Crippen LogP contribution in [0.2, 0.25) is 0 Å². The fourth-order valence-corrected chi connectivity index (χ4v) is 3.85. The number of rotatable bonds is 10. The van der Waals surface area contributed by atoms with Crippen molar-refractivity contribution in [3.8, 4) is 11.5 Å². The zero-order valence-electron chi connectivity index (χ0n) is 20.2. The average molecular weight is 467 g/mol. The Labute approximate surface area is 199 Å². The van der Waals surface area contributed by atoms with Gasteiger partial charge in [-0.05, 0) is 63.1 Å². The molecule has 1 heterocycles. The molecule has 0 bridgehead atoms. The summed E-state index contributed by atoms with van der Waals surface area (Å²) in [5, 5.41) is 15.5. The summed E-state index contributed by atoms with van der Waals surface area (Å²) in [6.45, 7) is 9.08. The second kappa shape index (κ2) is 10.8. The molecule has 9 nitrogen and oxygen atoms in total. The molecule has 1 aromatic heterocycles. The van der Waals surface area contributed by atoms with Crippen LogP contribution in [0.1, 0.15) is 46.7 Å². The highest BCUT2D eigenvalue weighted by Crippen LogP contribution is 2.29. The van der Waals surface area contributed by atoms with Crippen LogP contribution in [0.4, 0.5) is 5.69 Å². The Hall–Kier alpha value is -3.88. The summed E-state index contributed by atoms with van der Waals surface area (Å²) < 4.78 is 12.6. The van der Waals surface area contributed by atoms with E-state index in [9.17, 15) is 14.9 Å². The first-order valence-corrected chi connectivity index (χ1v) is 11.1. The maximum atomic E-state index is 13.1. The highest BCUT2D eigenvalue weighted by atomic mass is 16.6. The maximum absolute atomic E-state index is 13.1. The van der Waals surface area contributed by atoms with Gasteiger partial charge in [0.1, 0.15) is 11.4 Å². The third-order valence-electron chi connectivity index (χ3n) is 5.63. The molecule has 34 heavy (non-hydrogen) atoms. The van der Waals surface area contributed by atoms with Crippen LogP contribution in [0.5, 0.6) is 11.5 Å². The molecule has 0 unspecified atom stereocenters. The van der Waals surface area contributed by atoms with E-state index < -0.39 is 4.92 Å². The lowest BCUT2D eigenvalue weighted by Gasteiger charge is -2.22. The van der Waals surface area contributed by atoms with Crippen LogP contribution in [0.25, 0.3) is 0 Å². The van der Waals surface area contributed by atoms with Gasteiger partial charge in [-0.15, -0.1) is 0 Å². The van der Waals surface area contributed by atoms with E-state index in [1.54, 1.807) is 42.7 Å². The number of carbonyl (C=O) groups excluding carboxylic acids is 1. The van der Waals surface area contributed by atoms with E-state index in [0.717, 1.165) is 11.1 Å². The van der Waals surface area contributed by atoms with Gasteiger partial charge in [-0.25, -0.2) is 0 Å². The predicted octanol–water partition coefficient (Wildman–Crippen LogP) is 4.53. The number of nitro groups is 1. The number of aryl methyl sites for hydroxylation is 1. The molecular formula is C25H30N4O5. The van der Waals surface area contributed by atoms with Crippen molar-refractivity contribution in [3.63, 3.8) is 0 Å². The van der Waals surface area contributed by atoms with Crippen LogP contribution in [-0.2, 0) is 13.1 Å². The van der Waals surface area contributed by atoms with Crippen LogP contribution in [0.3, 0.4) is 0 Å². The standard InChI is InChI=1S/C25H30N4O5/c1-6-27(15-20-10-13-22(34-7-2)23(14-20)33-5)25(30)21-11-8-19(9-12-21)16-28-18(4)24(29(31)32)17(3)26-28/h8-14H,6-7,15-16H2,1-5H3. The van der Waals surface area contributed by atoms with Gasteiger partial charge in [0.2, 0.25) is 0 Å². The minimum atomic E-state index is -0.408. The number of benzene rings is 2.